The van der Waals surface area contributed by atoms with Crippen LogP contribution in [0.1, 0.15) is 29.2 Å². The van der Waals surface area contributed by atoms with E-state index in [2.05, 4.69) is 10.4 Å². The molecule has 1 aromatic heterocycles. The normalized spacial score (nSPS) is 27.7. The first-order valence-electron chi connectivity index (χ1n) is 9.39. The standard InChI is InChI=1S/C19H16F7N3O3/c1-29-6-8(16(28-29)19(24,25)26)13-14(12-5-11(30)15(13)32-12)17(31)27-7-2-3-9(10(20)4-7)18(21,22)23/h2-4,6,11-15,30H,5H2,1H3,(H,27,31)/t11-,12+,13+,14-,15-/m0/s1. The lowest BCUT2D eigenvalue weighted by molar-refractivity contribution is -0.143. The third-order valence-corrected chi connectivity index (χ3v) is 5.66. The predicted octanol–water partition coefficient (Wildman–Crippen LogP) is 3.47. The van der Waals surface area contributed by atoms with Gasteiger partial charge in [0.1, 0.15) is 5.82 Å². The number of aliphatic hydroxyl groups is 1. The van der Waals surface area contributed by atoms with E-state index < -0.39 is 65.5 Å². The number of nitrogens with zero attached hydrogens (tertiary/aromatic N) is 2. The van der Waals surface area contributed by atoms with E-state index in [-0.39, 0.29) is 17.7 Å². The minimum Gasteiger partial charge on any atom is -0.390 e. The van der Waals surface area contributed by atoms with Crippen molar-refractivity contribution in [3.8, 4) is 0 Å². The minimum absolute atomic E-state index is 0.0117. The summed E-state index contributed by atoms with van der Waals surface area (Å²) in [4.78, 5) is 12.9. The van der Waals surface area contributed by atoms with Crippen LogP contribution in [0.2, 0.25) is 0 Å². The molecule has 174 valence electrons. The zero-order valence-corrected chi connectivity index (χ0v) is 16.2. The summed E-state index contributed by atoms with van der Waals surface area (Å²) < 4.78 is 99.0. The van der Waals surface area contributed by atoms with E-state index in [9.17, 15) is 40.6 Å². The first-order chi connectivity index (χ1) is 14.8. The van der Waals surface area contributed by atoms with Gasteiger partial charge in [0.2, 0.25) is 5.91 Å². The van der Waals surface area contributed by atoms with Crippen molar-refractivity contribution in [1.29, 1.82) is 0 Å². The summed E-state index contributed by atoms with van der Waals surface area (Å²) in [5.41, 5.74) is -3.40. The second-order valence-electron chi connectivity index (χ2n) is 7.78. The highest BCUT2D eigenvalue weighted by Crippen LogP contribution is 2.51. The Morgan fingerprint density at radius 1 is 1.22 bits per heavy atom. The molecule has 0 aliphatic carbocycles. The number of carbonyl (C=O) groups is 1. The Bertz CT molecular complexity index is 1050. The van der Waals surface area contributed by atoms with Crippen molar-refractivity contribution < 1.29 is 45.4 Å². The molecule has 1 amide bonds. The van der Waals surface area contributed by atoms with Gasteiger partial charge in [0.05, 0.1) is 29.8 Å². The van der Waals surface area contributed by atoms with Crippen molar-refractivity contribution in [2.75, 3.05) is 5.32 Å². The molecule has 2 fully saturated rings. The van der Waals surface area contributed by atoms with Crippen molar-refractivity contribution in [2.45, 2.75) is 43.0 Å². The highest BCUT2D eigenvalue weighted by Gasteiger charge is 2.59. The average molecular weight is 467 g/mol. The van der Waals surface area contributed by atoms with E-state index in [4.69, 9.17) is 4.74 Å². The Labute approximate surface area is 176 Å². The SMILES string of the molecule is Cn1cc([C@H]2[C@H]3O[C@H](C[C@@H]3O)[C@@H]2C(=O)Nc2ccc(C(F)(F)F)c(F)c2)c(C(F)(F)F)n1. The number of fused-ring (bicyclic) bond motifs is 2. The van der Waals surface area contributed by atoms with E-state index in [0.29, 0.717) is 12.1 Å². The number of halogens is 7. The summed E-state index contributed by atoms with van der Waals surface area (Å²) in [5.74, 6) is -4.91. The maximum Gasteiger partial charge on any atom is 0.435 e. The maximum atomic E-state index is 13.8. The lowest BCUT2D eigenvalue weighted by Gasteiger charge is -2.30. The van der Waals surface area contributed by atoms with Gasteiger partial charge in [-0.15, -0.1) is 0 Å². The molecule has 0 spiro atoms. The van der Waals surface area contributed by atoms with Crippen molar-refractivity contribution in [3.63, 3.8) is 0 Å². The van der Waals surface area contributed by atoms with Crippen LogP contribution in [-0.4, -0.2) is 39.1 Å². The molecule has 2 aromatic rings. The number of aromatic nitrogens is 2. The van der Waals surface area contributed by atoms with Crippen molar-refractivity contribution in [1.82, 2.24) is 9.78 Å². The summed E-state index contributed by atoms with van der Waals surface area (Å²) in [7, 11) is 1.27. The molecule has 6 nitrogen and oxygen atoms in total. The van der Waals surface area contributed by atoms with Crippen LogP contribution in [-0.2, 0) is 28.9 Å². The van der Waals surface area contributed by atoms with Crippen LogP contribution in [0.15, 0.2) is 24.4 Å². The van der Waals surface area contributed by atoms with Gasteiger partial charge in [-0.3, -0.25) is 9.48 Å². The number of aryl methyl sites for hydroxylation is 1. The molecule has 2 saturated heterocycles. The summed E-state index contributed by atoms with van der Waals surface area (Å²) in [6.45, 7) is 0. The zero-order chi connectivity index (χ0) is 23.6. The molecule has 13 heteroatoms. The molecule has 1 aromatic carbocycles. The van der Waals surface area contributed by atoms with Gasteiger partial charge in [0, 0.05) is 36.8 Å². The molecule has 2 N–H and O–H groups in total. The first-order valence-corrected chi connectivity index (χ1v) is 9.39. The second kappa shape index (κ2) is 7.44. The van der Waals surface area contributed by atoms with E-state index in [1.165, 1.54) is 7.05 Å². The number of ether oxygens (including phenoxy) is 1. The van der Waals surface area contributed by atoms with Gasteiger partial charge in [-0.05, 0) is 18.2 Å². The van der Waals surface area contributed by atoms with E-state index in [1.807, 2.05) is 0 Å². The smallest absolute Gasteiger partial charge is 0.390 e. The summed E-state index contributed by atoms with van der Waals surface area (Å²) in [5, 5.41) is 15.8. The molecular formula is C19H16F7N3O3. The lowest BCUT2D eigenvalue weighted by atomic mass is 9.73. The van der Waals surface area contributed by atoms with Crippen LogP contribution >= 0.6 is 0 Å². The first kappa shape index (κ1) is 22.5. The van der Waals surface area contributed by atoms with Gasteiger partial charge >= 0.3 is 12.4 Å². The highest BCUT2D eigenvalue weighted by molar-refractivity contribution is 5.94. The predicted molar refractivity (Wildman–Crippen MR) is 93.8 cm³/mol. The number of anilines is 1. The summed E-state index contributed by atoms with van der Waals surface area (Å²) in [6.07, 6.45) is -11.8. The van der Waals surface area contributed by atoms with Gasteiger partial charge in [0.25, 0.3) is 0 Å². The third-order valence-electron chi connectivity index (χ3n) is 5.66. The van der Waals surface area contributed by atoms with Gasteiger partial charge in [-0.25, -0.2) is 4.39 Å². The van der Waals surface area contributed by atoms with Gasteiger partial charge in [-0.1, -0.05) is 0 Å². The van der Waals surface area contributed by atoms with Crippen molar-refractivity contribution in [3.05, 3.63) is 47.0 Å². The molecule has 0 unspecified atom stereocenters. The van der Waals surface area contributed by atoms with Crippen LogP contribution in [0.4, 0.5) is 36.4 Å². The molecule has 2 bridgehead atoms. The van der Waals surface area contributed by atoms with Crippen LogP contribution in [0.3, 0.4) is 0 Å². The zero-order valence-electron chi connectivity index (χ0n) is 16.2. The molecule has 2 aliphatic heterocycles. The van der Waals surface area contributed by atoms with Crippen molar-refractivity contribution in [2.24, 2.45) is 13.0 Å². The molecule has 0 radical (unpaired) electrons. The molecule has 2 aliphatic rings. The molecule has 0 saturated carbocycles. The van der Waals surface area contributed by atoms with Crippen LogP contribution in [0.25, 0.3) is 0 Å². The molecule has 32 heavy (non-hydrogen) atoms. The average Bonchev–Trinajstić information content (AvgIpc) is 3.31. The maximum absolute atomic E-state index is 13.8. The monoisotopic (exact) mass is 467 g/mol. The fraction of sp³-hybridized carbons (Fsp3) is 0.474. The number of amides is 1. The number of alkyl halides is 6. The minimum atomic E-state index is -4.93. The fourth-order valence-corrected chi connectivity index (χ4v) is 4.43. The highest BCUT2D eigenvalue weighted by atomic mass is 19.4. The van der Waals surface area contributed by atoms with Crippen LogP contribution < -0.4 is 5.32 Å². The fourth-order valence-electron chi connectivity index (χ4n) is 4.43. The van der Waals surface area contributed by atoms with Gasteiger partial charge in [0.15, 0.2) is 5.69 Å². The molecule has 3 heterocycles. The van der Waals surface area contributed by atoms with Crippen molar-refractivity contribution >= 4 is 11.6 Å². The molecular weight excluding hydrogens is 451 g/mol. The number of hydrogen-bond donors (Lipinski definition) is 2. The van der Waals surface area contributed by atoms with E-state index in [0.717, 1.165) is 16.9 Å². The largest absolute Gasteiger partial charge is 0.435 e. The Balaban J connectivity index is 1.66. The van der Waals surface area contributed by atoms with E-state index >= 15 is 0 Å². The Hall–Kier alpha value is -2.67. The second-order valence-corrected chi connectivity index (χ2v) is 7.78. The van der Waals surface area contributed by atoms with Crippen LogP contribution in [0.5, 0.6) is 0 Å². The Kier molecular flexibility index (Phi) is 5.24. The molecule has 4 rings (SSSR count). The lowest BCUT2D eigenvalue weighted by Crippen LogP contribution is -2.41. The number of carbonyl (C=O) groups excluding carboxylic acids is 1. The van der Waals surface area contributed by atoms with Crippen LogP contribution in [0, 0.1) is 11.7 Å². The van der Waals surface area contributed by atoms with E-state index in [1.54, 1.807) is 0 Å². The van der Waals surface area contributed by atoms with Gasteiger partial charge in [-0.2, -0.15) is 31.4 Å². The number of hydrogen-bond acceptors (Lipinski definition) is 4. The summed E-state index contributed by atoms with van der Waals surface area (Å²) >= 11 is 0. The quantitative estimate of drug-likeness (QED) is 0.679. The third kappa shape index (κ3) is 3.83. The number of benzene rings is 1. The molecule has 5 atom stereocenters. The topological polar surface area (TPSA) is 76.4 Å². The Morgan fingerprint density at radius 2 is 1.91 bits per heavy atom. The summed E-state index contributed by atoms with van der Waals surface area (Å²) in [6, 6.07) is 1.77. The number of rotatable bonds is 3. The number of nitrogens with one attached hydrogen (secondary N) is 1. The Morgan fingerprint density at radius 3 is 2.50 bits per heavy atom. The number of aliphatic hydroxyl groups excluding tert-OH is 1. The van der Waals surface area contributed by atoms with Gasteiger partial charge < -0.3 is 15.2 Å².